The van der Waals surface area contributed by atoms with E-state index in [1.54, 1.807) is 26.1 Å². The molecule has 0 radical (unpaired) electrons. The van der Waals surface area contributed by atoms with E-state index in [0.717, 1.165) is 18.5 Å². The van der Waals surface area contributed by atoms with Crippen LogP contribution in [-0.4, -0.2) is 30.3 Å². The average molecular weight is 289 g/mol. The Morgan fingerprint density at radius 2 is 2.00 bits per heavy atom. The maximum absolute atomic E-state index is 12.6. The van der Waals surface area contributed by atoms with Gasteiger partial charge in [-0.25, -0.2) is 4.98 Å². The quantitative estimate of drug-likeness (QED) is 0.780. The summed E-state index contributed by atoms with van der Waals surface area (Å²) in [6, 6.07) is 3.21. The number of hydrogen-bond donors (Lipinski definition) is 1. The highest BCUT2D eigenvalue weighted by atomic mass is 19.4. The first kappa shape index (κ1) is 16.8. The number of aromatic nitrogens is 1. The molecule has 1 aromatic heterocycles. The van der Waals surface area contributed by atoms with Crippen LogP contribution >= 0.6 is 0 Å². The Balaban J connectivity index is 2.73. The van der Waals surface area contributed by atoms with Gasteiger partial charge in [-0.05, 0) is 38.4 Å². The number of halogens is 3. The van der Waals surface area contributed by atoms with Gasteiger partial charge in [-0.3, -0.25) is 0 Å². The number of nitrogens with zero attached hydrogens (tertiary/aromatic N) is 2. The van der Waals surface area contributed by atoms with Gasteiger partial charge >= 0.3 is 6.18 Å². The van der Waals surface area contributed by atoms with Crippen molar-refractivity contribution in [3.63, 3.8) is 0 Å². The van der Waals surface area contributed by atoms with Crippen LogP contribution in [0.4, 0.5) is 19.0 Å². The molecule has 114 valence electrons. The molecule has 0 aromatic carbocycles. The number of hydrogen-bond acceptors (Lipinski definition) is 3. The minimum absolute atomic E-state index is 0.256. The van der Waals surface area contributed by atoms with E-state index in [1.165, 1.54) is 4.90 Å². The predicted molar refractivity (Wildman–Crippen MR) is 74.8 cm³/mol. The number of pyridine rings is 1. The molecule has 1 aromatic rings. The SMILES string of the molecule is CCCNCc1ccc(N(CC(F)(F)F)C(C)C)nc1. The van der Waals surface area contributed by atoms with Gasteiger partial charge in [0.1, 0.15) is 12.4 Å². The van der Waals surface area contributed by atoms with Crippen molar-refractivity contribution in [2.24, 2.45) is 0 Å². The summed E-state index contributed by atoms with van der Waals surface area (Å²) in [7, 11) is 0. The van der Waals surface area contributed by atoms with E-state index in [9.17, 15) is 13.2 Å². The van der Waals surface area contributed by atoms with Crippen LogP contribution in [0.5, 0.6) is 0 Å². The molecule has 6 heteroatoms. The highest BCUT2D eigenvalue weighted by molar-refractivity contribution is 5.40. The summed E-state index contributed by atoms with van der Waals surface area (Å²) in [4.78, 5) is 5.40. The van der Waals surface area contributed by atoms with E-state index in [1.807, 2.05) is 6.07 Å². The van der Waals surface area contributed by atoms with Crippen molar-refractivity contribution in [1.82, 2.24) is 10.3 Å². The summed E-state index contributed by atoms with van der Waals surface area (Å²) < 4.78 is 37.7. The van der Waals surface area contributed by atoms with Crippen LogP contribution in [0, 0.1) is 0 Å². The van der Waals surface area contributed by atoms with Crippen molar-refractivity contribution in [2.75, 3.05) is 18.0 Å². The van der Waals surface area contributed by atoms with E-state index < -0.39 is 12.7 Å². The van der Waals surface area contributed by atoms with Gasteiger partial charge in [0.15, 0.2) is 0 Å². The van der Waals surface area contributed by atoms with Gasteiger partial charge in [-0.15, -0.1) is 0 Å². The number of alkyl halides is 3. The first-order valence-electron chi connectivity index (χ1n) is 6.82. The minimum Gasteiger partial charge on any atom is -0.345 e. The van der Waals surface area contributed by atoms with Gasteiger partial charge in [0.25, 0.3) is 0 Å². The largest absolute Gasteiger partial charge is 0.405 e. The normalized spacial score (nSPS) is 11.9. The molecule has 0 saturated carbocycles. The molecule has 0 aliphatic carbocycles. The third-order valence-electron chi connectivity index (χ3n) is 2.83. The molecular formula is C14H22F3N3. The number of anilines is 1. The second-order valence-electron chi connectivity index (χ2n) is 5.04. The summed E-state index contributed by atoms with van der Waals surface area (Å²) >= 11 is 0. The van der Waals surface area contributed by atoms with E-state index in [4.69, 9.17) is 0 Å². The van der Waals surface area contributed by atoms with Crippen LogP contribution < -0.4 is 10.2 Å². The average Bonchev–Trinajstić information content (AvgIpc) is 2.36. The third-order valence-corrected chi connectivity index (χ3v) is 2.83. The monoisotopic (exact) mass is 289 g/mol. The van der Waals surface area contributed by atoms with E-state index >= 15 is 0 Å². The van der Waals surface area contributed by atoms with Crippen LogP contribution in [0.2, 0.25) is 0 Å². The maximum atomic E-state index is 12.6. The molecule has 0 bridgehead atoms. The molecule has 0 atom stereocenters. The van der Waals surface area contributed by atoms with Crippen molar-refractivity contribution < 1.29 is 13.2 Å². The molecule has 1 N–H and O–H groups in total. The summed E-state index contributed by atoms with van der Waals surface area (Å²) in [5, 5.41) is 3.23. The fraction of sp³-hybridized carbons (Fsp3) is 0.643. The smallest absolute Gasteiger partial charge is 0.345 e. The fourth-order valence-electron chi connectivity index (χ4n) is 1.82. The molecule has 0 unspecified atom stereocenters. The van der Waals surface area contributed by atoms with Crippen LogP contribution in [0.15, 0.2) is 18.3 Å². The summed E-state index contributed by atoms with van der Waals surface area (Å²) in [5.41, 5.74) is 0.970. The van der Waals surface area contributed by atoms with Crippen molar-refractivity contribution in [1.29, 1.82) is 0 Å². The Kier molecular flexibility index (Phi) is 6.26. The van der Waals surface area contributed by atoms with Crippen molar-refractivity contribution >= 4 is 5.82 Å². The predicted octanol–water partition coefficient (Wildman–Crippen LogP) is 3.36. The number of rotatable bonds is 7. The Hall–Kier alpha value is -1.30. The van der Waals surface area contributed by atoms with Crippen LogP contribution in [0.1, 0.15) is 32.8 Å². The lowest BCUT2D eigenvalue weighted by molar-refractivity contribution is -0.120. The third kappa shape index (κ3) is 5.77. The van der Waals surface area contributed by atoms with E-state index in [-0.39, 0.29) is 6.04 Å². The zero-order valence-corrected chi connectivity index (χ0v) is 12.2. The van der Waals surface area contributed by atoms with E-state index in [2.05, 4.69) is 17.2 Å². The second-order valence-corrected chi connectivity index (χ2v) is 5.04. The zero-order chi connectivity index (χ0) is 15.2. The van der Waals surface area contributed by atoms with Gasteiger partial charge in [0.05, 0.1) is 0 Å². The lowest BCUT2D eigenvalue weighted by Crippen LogP contribution is -2.39. The molecule has 0 amide bonds. The first-order chi connectivity index (χ1) is 9.33. The second kappa shape index (κ2) is 7.47. The Labute approximate surface area is 118 Å². The van der Waals surface area contributed by atoms with Gasteiger partial charge in [-0.1, -0.05) is 13.0 Å². The molecule has 0 aliphatic heterocycles. The van der Waals surface area contributed by atoms with Crippen molar-refractivity contribution in [3.05, 3.63) is 23.9 Å². The highest BCUT2D eigenvalue weighted by Gasteiger charge is 2.32. The highest BCUT2D eigenvalue weighted by Crippen LogP contribution is 2.22. The molecule has 1 heterocycles. The number of nitrogens with one attached hydrogen (secondary N) is 1. The first-order valence-corrected chi connectivity index (χ1v) is 6.82. The van der Waals surface area contributed by atoms with Gasteiger partial charge < -0.3 is 10.2 Å². The topological polar surface area (TPSA) is 28.2 Å². The molecule has 0 aliphatic rings. The standard InChI is InChI=1S/C14H22F3N3/c1-4-7-18-8-12-5-6-13(19-9-12)20(11(2)3)10-14(15,16)17/h5-6,9,11,18H,4,7-8,10H2,1-3H3. The van der Waals surface area contributed by atoms with Gasteiger partial charge in [-0.2, -0.15) is 13.2 Å². The van der Waals surface area contributed by atoms with E-state index in [0.29, 0.717) is 12.4 Å². The molecule has 0 fully saturated rings. The Bertz CT molecular complexity index is 388. The molecule has 0 saturated heterocycles. The molecule has 20 heavy (non-hydrogen) atoms. The zero-order valence-electron chi connectivity index (χ0n) is 12.2. The Morgan fingerprint density at radius 3 is 2.45 bits per heavy atom. The Morgan fingerprint density at radius 1 is 1.30 bits per heavy atom. The summed E-state index contributed by atoms with van der Waals surface area (Å²) in [5.74, 6) is 0.358. The summed E-state index contributed by atoms with van der Waals surface area (Å²) in [6.07, 6.45) is -1.56. The fourth-order valence-corrected chi connectivity index (χ4v) is 1.82. The van der Waals surface area contributed by atoms with Gasteiger partial charge in [0, 0.05) is 18.8 Å². The molecular weight excluding hydrogens is 267 g/mol. The van der Waals surface area contributed by atoms with Gasteiger partial charge in [0.2, 0.25) is 0 Å². The minimum atomic E-state index is -4.23. The molecule has 1 rings (SSSR count). The van der Waals surface area contributed by atoms with Crippen LogP contribution in [-0.2, 0) is 6.54 Å². The van der Waals surface area contributed by atoms with Crippen molar-refractivity contribution in [3.8, 4) is 0 Å². The molecule has 0 spiro atoms. The lowest BCUT2D eigenvalue weighted by Gasteiger charge is -2.28. The summed E-state index contributed by atoms with van der Waals surface area (Å²) in [6.45, 7) is 6.14. The van der Waals surface area contributed by atoms with Crippen LogP contribution in [0.3, 0.4) is 0 Å². The maximum Gasteiger partial charge on any atom is 0.405 e. The van der Waals surface area contributed by atoms with Crippen LogP contribution in [0.25, 0.3) is 0 Å². The van der Waals surface area contributed by atoms with Crippen molar-refractivity contribution in [2.45, 2.75) is 46.0 Å². The molecule has 3 nitrogen and oxygen atoms in total. The lowest BCUT2D eigenvalue weighted by atomic mass is 10.2.